The fourth-order valence-electron chi connectivity index (χ4n) is 9.23. The highest BCUT2D eigenvalue weighted by atomic mass is 35.5. The topological polar surface area (TPSA) is 47.6 Å². The smallest absolute Gasteiger partial charge is 0.407 e. The second-order valence-corrected chi connectivity index (χ2v) is 13.7. The molecule has 8 atom stereocenters. The van der Waals surface area contributed by atoms with Gasteiger partial charge in [0, 0.05) is 13.0 Å². The van der Waals surface area contributed by atoms with E-state index in [1.807, 2.05) is 0 Å². The second kappa shape index (κ2) is 12.0. The number of amides is 1. The molecule has 0 spiro atoms. The third-order valence-corrected chi connectivity index (χ3v) is 11.3. The molecule has 1 N–H and O–H groups in total. The van der Waals surface area contributed by atoms with Gasteiger partial charge in [0.05, 0.1) is 6.61 Å². The molecule has 206 valence electrons. The first-order valence-electron chi connectivity index (χ1n) is 15.0. The van der Waals surface area contributed by atoms with Gasteiger partial charge in [0.1, 0.15) is 12.2 Å². The molecule has 0 aromatic heterocycles. The molecule has 4 aliphatic carbocycles. The molecule has 0 aliphatic heterocycles. The van der Waals surface area contributed by atoms with E-state index in [1.54, 1.807) is 5.57 Å². The Bertz CT molecular complexity index is 784. The van der Waals surface area contributed by atoms with Crippen molar-refractivity contribution in [1.29, 1.82) is 0 Å². The number of nitrogens with one attached hydrogen (secondary N) is 1. The first-order valence-corrected chi connectivity index (χ1v) is 15.5. The molecule has 0 heterocycles. The SMILES string of the molecule is CC(C)CCC[C@@H](C)[C@H]1CC[C@H]2[C@@H]3CC=C4C[C@@H](OC(=O)NCCOCCl)CC[C@]4(C)[C@H]3CC[C@]12C. The van der Waals surface area contributed by atoms with Gasteiger partial charge in [-0.1, -0.05) is 77.1 Å². The summed E-state index contributed by atoms with van der Waals surface area (Å²) >= 11 is 5.51. The summed E-state index contributed by atoms with van der Waals surface area (Å²) in [5.74, 6) is 5.13. The van der Waals surface area contributed by atoms with Crippen LogP contribution < -0.4 is 5.32 Å². The van der Waals surface area contributed by atoms with E-state index < -0.39 is 0 Å². The summed E-state index contributed by atoms with van der Waals surface area (Å²) in [7, 11) is 0. The Morgan fingerprint density at radius 2 is 1.92 bits per heavy atom. The lowest BCUT2D eigenvalue weighted by atomic mass is 9.47. The Balaban J connectivity index is 1.36. The quantitative estimate of drug-likeness (QED) is 0.178. The number of carbonyl (C=O) groups is 1. The molecule has 0 saturated heterocycles. The largest absolute Gasteiger partial charge is 0.446 e. The van der Waals surface area contributed by atoms with E-state index in [1.165, 1.54) is 51.4 Å². The fraction of sp³-hybridized carbons (Fsp3) is 0.903. The van der Waals surface area contributed by atoms with Crippen LogP contribution in [0.3, 0.4) is 0 Å². The number of alkyl carbamates (subject to hydrolysis) is 1. The molecule has 1 amide bonds. The lowest BCUT2D eigenvalue weighted by Gasteiger charge is -2.58. The third kappa shape index (κ3) is 5.80. The van der Waals surface area contributed by atoms with Crippen LogP contribution in [0.1, 0.15) is 105 Å². The van der Waals surface area contributed by atoms with E-state index in [9.17, 15) is 4.79 Å². The van der Waals surface area contributed by atoms with Crippen LogP contribution in [-0.2, 0) is 9.47 Å². The molecule has 0 unspecified atom stereocenters. The molecule has 3 fully saturated rings. The zero-order valence-electron chi connectivity index (χ0n) is 23.6. The molecule has 0 bridgehead atoms. The Hall–Kier alpha value is -0.740. The minimum atomic E-state index is -0.330. The van der Waals surface area contributed by atoms with Crippen LogP contribution >= 0.6 is 11.6 Å². The van der Waals surface area contributed by atoms with Crippen LogP contribution in [0.5, 0.6) is 0 Å². The maximum atomic E-state index is 12.2. The zero-order valence-corrected chi connectivity index (χ0v) is 24.4. The van der Waals surface area contributed by atoms with Crippen molar-refractivity contribution in [3.8, 4) is 0 Å². The van der Waals surface area contributed by atoms with E-state index in [-0.39, 0.29) is 23.7 Å². The highest BCUT2D eigenvalue weighted by Gasteiger charge is 2.59. The average Bonchev–Trinajstić information content (AvgIpc) is 3.19. The Labute approximate surface area is 225 Å². The van der Waals surface area contributed by atoms with Crippen molar-refractivity contribution in [2.45, 2.75) is 111 Å². The summed E-state index contributed by atoms with van der Waals surface area (Å²) < 4.78 is 10.9. The number of fused-ring (bicyclic) bond motifs is 5. The molecular weight excluding hydrogens is 470 g/mol. The summed E-state index contributed by atoms with van der Waals surface area (Å²) in [6, 6.07) is 0.145. The highest BCUT2D eigenvalue weighted by Crippen LogP contribution is 2.67. The van der Waals surface area contributed by atoms with Gasteiger partial charge in [0.2, 0.25) is 0 Å². The summed E-state index contributed by atoms with van der Waals surface area (Å²) in [5.41, 5.74) is 2.39. The van der Waals surface area contributed by atoms with Crippen LogP contribution in [0.2, 0.25) is 0 Å². The van der Waals surface area contributed by atoms with E-state index in [0.717, 1.165) is 54.8 Å². The standard InChI is InChI=1S/C31H52ClNO3/c1-21(2)7-6-8-22(3)26-11-12-27-25-10-9-23-19-24(36-29(34)33-17-18-35-20-32)13-15-30(23,4)28(25)14-16-31(26,27)5/h9,21-22,24-28H,6-8,10-20H2,1-5H3,(H,33,34)/t22-,24+,25+,26-,27+,28+,30+,31-/m1/s1. The van der Waals surface area contributed by atoms with Crippen LogP contribution in [0.4, 0.5) is 4.79 Å². The molecule has 4 nitrogen and oxygen atoms in total. The highest BCUT2D eigenvalue weighted by molar-refractivity contribution is 6.17. The number of carbonyl (C=O) groups excluding carboxylic acids is 1. The van der Waals surface area contributed by atoms with E-state index in [0.29, 0.717) is 18.6 Å². The number of ether oxygens (including phenoxy) is 2. The predicted octanol–water partition coefficient (Wildman–Crippen LogP) is 8.34. The van der Waals surface area contributed by atoms with Crippen molar-refractivity contribution < 1.29 is 14.3 Å². The van der Waals surface area contributed by atoms with E-state index in [2.05, 4.69) is 46.0 Å². The average molecular weight is 522 g/mol. The monoisotopic (exact) mass is 521 g/mol. The van der Waals surface area contributed by atoms with E-state index in [4.69, 9.17) is 21.1 Å². The van der Waals surface area contributed by atoms with Crippen molar-refractivity contribution in [2.75, 3.05) is 19.2 Å². The number of alkyl halides is 1. The number of allylic oxidation sites excluding steroid dienone is 1. The van der Waals surface area contributed by atoms with Gasteiger partial charge in [-0.25, -0.2) is 4.79 Å². The van der Waals surface area contributed by atoms with Crippen molar-refractivity contribution >= 4 is 17.7 Å². The van der Waals surface area contributed by atoms with Crippen LogP contribution in [0.15, 0.2) is 11.6 Å². The maximum absolute atomic E-state index is 12.2. The summed E-state index contributed by atoms with van der Waals surface area (Å²) in [6.45, 7) is 13.3. The van der Waals surface area contributed by atoms with Crippen molar-refractivity contribution in [3.63, 3.8) is 0 Å². The Morgan fingerprint density at radius 3 is 2.67 bits per heavy atom. The molecule has 3 saturated carbocycles. The summed E-state index contributed by atoms with van der Waals surface area (Å²) in [6.07, 6.45) is 16.4. The molecule has 0 aromatic carbocycles. The first kappa shape index (κ1) is 28.3. The minimum Gasteiger partial charge on any atom is -0.446 e. The molecule has 5 heteroatoms. The fourth-order valence-corrected chi connectivity index (χ4v) is 9.33. The number of rotatable bonds is 10. The lowest BCUT2D eigenvalue weighted by Crippen LogP contribution is -2.51. The van der Waals surface area contributed by atoms with Gasteiger partial charge in [-0.15, -0.1) is 0 Å². The predicted molar refractivity (Wildman–Crippen MR) is 148 cm³/mol. The van der Waals surface area contributed by atoms with Gasteiger partial charge in [-0.3, -0.25) is 0 Å². The number of halogens is 1. The Kier molecular flexibility index (Phi) is 9.40. The van der Waals surface area contributed by atoms with Gasteiger partial charge in [-0.05, 0) is 91.3 Å². The van der Waals surface area contributed by atoms with Gasteiger partial charge >= 0.3 is 6.09 Å². The van der Waals surface area contributed by atoms with Gasteiger partial charge in [0.25, 0.3) is 0 Å². The number of hydrogen-bond acceptors (Lipinski definition) is 3. The maximum Gasteiger partial charge on any atom is 0.407 e. The minimum absolute atomic E-state index is 0.00812. The summed E-state index contributed by atoms with van der Waals surface area (Å²) in [4.78, 5) is 12.2. The first-order chi connectivity index (χ1) is 17.2. The summed E-state index contributed by atoms with van der Waals surface area (Å²) in [5, 5.41) is 2.79. The van der Waals surface area contributed by atoms with Crippen LogP contribution in [-0.4, -0.2) is 31.4 Å². The van der Waals surface area contributed by atoms with Gasteiger partial charge < -0.3 is 14.8 Å². The normalized spacial score (nSPS) is 38.5. The molecule has 0 aromatic rings. The van der Waals surface area contributed by atoms with E-state index >= 15 is 0 Å². The Morgan fingerprint density at radius 1 is 1.11 bits per heavy atom. The molecule has 0 radical (unpaired) electrons. The van der Waals surface area contributed by atoms with Gasteiger partial charge in [0.15, 0.2) is 0 Å². The second-order valence-electron chi connectivity index (χ2n) is 13.5. The number of hydrogen-bond donors (Lipinski definition) is 1. The third-order valence-electron chi connectivity index (χ3n) is 11.1. The molecule has 36 heavy (non-hydrogen) atoms. The van der Waals surface area contributed by atoms with Crippen molar-refractivity contribution in [2.24, 2.45) is 46.3 Å². The van der Waals surface area contributed by atoms with Crippen LogP contribution in [0, 0.1) is 46.3 Å². The molecule has 4 aliphatic rings. The van der Waals surface area contributed by atoms with Crippen LogP contribution in [0.25, 0.3) is 0 Å². The van der Waals surface area contributed by atoms with Crippen molar-refractivity contribution in [1.82, 2.24) is 5.32 Å². The van der Waals surface area contributed by atoms with Gasteiger partial charge in [-0.2, -0.15) is 0 Å². The molecular formula is C31H52ClNO3. The lowest BCUT2D eigenvalue weighted by molar-refractivity contribution is -0.0581. The zero-order chi connectivity index (χ0) is 25.9. The van der Waals surface area contributed by atoms with Crippen molar-refractivity contribution in [3.05, 3.63) is 11.6 Å². The molecule has 4 rings (SSSR count).